The lowest BCUT2D eigenvalue weighted by molar-refractivity contribution is -0.116. The molecule has 7 heteroatoms. The molecule has 0 aliphatic carbocycles. The number of nitrogens with one attached hydrogen (secondary N) is 1. The quantitative estimate of drug-likeness (QED) is 0.910. The zero-order valence-electron chi connectivity index (χ0n) is 13.6. The topological polar surface area (TPSA) is 67.9 Å². The van der Waals surface area contributed by atoms with Gasteiger partial charge in [0, 0.05) is 23.3 Å². The SMILES string of the molecule is CN(CC(=O)Nc1cccc(Cl)c1)C(=O)c1ccc2c(c1)OCCO2. The first kappa shape index (κ1) is 17.1. The van der Waals surface area contributed by atoms with Gasteiger partial charge in [-0.1, -0.05) is 17.7 Å². The Morgan fingerprint density at radius 2 is 1.88 bits per heavy atom. The summed E-state index contributed by atoms with van der Waals surface area (Å²) >= 11 is 5.88. The van der Waals surface area contributed by atoms with Crippen LogP contribution in [0, 0.1) is 0 Å². The Labute approximate surface area is 150 Å². The molecule has 130 valence electrons. The Morgan fingerprint density at radius 3 is 2.64 bits per heavy atom. The number of hydrogen-bond donors (Lipinski definition) is 1. The van der Waals surface area contributed by atoms with Crippen molar-refractivity contribution in [3.63, 3.8) is 0 Å². The fourth-order valence-corrected chi connectivity index (χ4v) is 2.64. The highest BCUT2D eigenvalue weighted by atomic mass is 35.5. The van der Waals surface area contributed by atoms with E-state index < -0.39 is 0 Å². The summed E-state index contributed by atoms with van der Waals surface area (Å²) in [5.41, 5.74) is 1.01. The van der Waals surface area contributed by atoms with Crippen LogP contribution in [0.1, 0.15) is 10.4 Å². The number of rotatable bonds is 4. The number of likely N-dealkylation sites (N-methyl/N-ethyl adjacent to an activating group) is 1. The van der Waals surface area contributed by atoms with Crippen molar-refractivity contribution in [2.24, 2.45) is 0 Å². The van der Waals surface area contributed by atoms with Crippen LogP contribution in [0.15, 0.2) is 42.5 Å². The Kier molecular flexibility index (Phi) is 5.09. The van der Waals surface area contributed by atoms with Crippen molar-refractivity contribution in [1.82, 2.24) is 4.90 Å². The second-order valence-corrected chi connectivity index (χ2v) is 6.01. The van der Waals surface area contributed by atoms with Gasteiger partial charge in [-0.15, -0.1) is 0 Å². The zero-order chi connectivity index (χ0) is 17.8. The van der Waals surface area contributed by atoms with Crippen molar-refractivity contribution in [3.8, 4) is 11.5 Å². The minimum Gasteiger partial charge on any atom is -0.486 e. The standard InChI is InChI=1S/C18H17ClN2O4/c1-21(11-17(22)20-14-4-2-3-13(19)10-14)18(23)12-5-6-15-16(9-12)25-8-7-24-15/h2-6,9-10H,7-8,11H2,1H3,(H,20,22). The smallest absolute Gasteiger partial charge is 0.254 e. The third-order valence-corrected chi connectivity index (χ3v) is 3.86. The normalized spacial score (nSPS) is 12.4. The van der Waals surface area contributed by atoms with Crippen molar-refractivity contribution in [3.05, 3.63) is 53.1 Å². The van der Waals surface area contributed by atoms with Gasteiger partial charge in [0.25, 0.3) is 5.91 Å². The van der Waals surface area contributed by atoms with E-state index in [1.807, 2.05) is 0 Å². The number of hydrogen-bond acceptors (Lipinski definition) is 4. The fourth-order valence-electron chi connectivity index (χ4n) is 2.45. The number of benzene rings is 2. The monoisotopic (exact) mass is 360 g/mol. The molecule has 1 heterocycles. The van der Waals surface area contributed by atoms with E-state index in [1.165, 1.54) is 4.90 Å². The van der Waals surface area contributed by atoms with Crippen molar-refractivity contribution in [1.29, 1.82) is 0 Å². The van der Waals surface area contributed by atoms with Crippen LogP contribution >= 0.6 is 11.6 Å². The molecule has 1 aliphatic rings. The van der Waals surface area contributed by atoms with E-state index in [4.69, 9.17) is 21.1 Å². The number of amides is 2. The molecule has 0 spiro atoms. The van der Waals surface area contributed by atoms with Gasteiger partial charge in [0.1, 0.15) is 13.2 Å². The molecule has 1 N–H and O–H groups in total. The van der Waals surface area contributed by atoms with Crippen LogP contribution in [-0.2, 0) is 4.79 Å². The predicted molar refractivity (Wildman–Crippen MR) is 94.5 cm³/mol. The van der Waals surface area contributed by atoms with Crippen LogP contribution in [0.2, 0.25) is 5.02 Å². The minimum absolute atomic E-state index is 0.0835. The van der Waals surface area contributed by atoms with Gasteiger partial charge in [0.05, 0.1) is 6.54 Å². The number of fused-ring (bicyclic) bond motifs is 1. The summed E-state index contributed by atoms with van der Waals surface area (Å²) in [5, 5.41) is 3.23. The summed E-state index contributed by atoms with van der Waals surface area (Å²) in [6, 6.07) is 11.8. The van der Waals surface area contributed by atoms with Gasteiger partial charge in [0.15, 0.2) is 11.5 Å². The van der Waals surface area contributed by atoms with E-state index in [0.29, 0.717) is 41.0 Å². The molecule has 0 unspecified atom stereocenters. The molecule has 1 aliphatic heterocycles. The molecular formula is C18H17ClN2O4. The van der Waals surface area contributed by atoms with Crippen LogP contribution < -0.4 is 14.8 Å². The van der Waals surface area contributed by atoms with E-state index >= 15 is 0 Å². The molecular weight excluding hydrogens is 344 g/mol. The van der Waals surface area contributed by atoms with Crippen LogP contribution in [0.4, 0.5) is 5.69 Å². The molecule has 0 aromatic heterocycles. The Hall–Kier alpha value is -2.73. The summed E-state index contributed by atoms with van der Waals surface area (Å²) in [6.45, 7) is 0.853. The van der Waals surface area contributed by atoms with Crippen molar-refractivity contribution >= 4 is 29.1 Å². The van der Waals surface area contributed by atoms with Gasteiger partial charge in [-0.3, -0.25) is 9.59 Å². The van der Waals surface area contributed by atoms with Gasteiger partial charge in [-0.05, 0) is 36.4 Å². The molecule has 2 aromatic rings. The van der Waals surface area contributed by atoms with Crippen molar-refractivity contribution < 1.29 is 19.1 Å². The second-order valence-electron chi connectivity index (χ2n) is 5.58. The Balaban J connectivity index is 1.63. The van der Waals surface area contributed by atoms with Crippen molar-refractivity contribution in [2.45, 2.75) is 0 Å². The first-order chi connectivity index (χ1) is 12.0. The molecule has 25 heavy (non-hydrogen) atoms. The first-order valence-corrected chi connectivity index (χ1v) is 8.11. The number of carbonyl (C=O) groups excluding carboxylic acids is 2. The van der Waals surface area contributed by atoms with Crippen LogP contribution in [0.5, 0.6) is 11.5 Å². The Bertz CT molecular complexity index is 809. The molecule has 0 saturated carbocycles. The maximum atomic E-state index is 12.5. The highest BCUT2D eigenvalue weighted by molar-refractivity contribution is 6.30. The number of nitrogens with zero attached hydrogens (tertiary/aromatic N) is 1. The number of ether oxygens (including phenoxy) is 2. The van der Waals surface area contributed by atoms with Gasteiger partial charge in [0.2, 0.25) is 5.91 Å². The van der Waals surface area contributed by atoms with Gasteiger partial charge in [-0.25, -0.2) is 0 Å². The van der Waals surface area contributed by atoms with E-state index in [9.17, 15) is 9.59 Å². The minimum atomic E-state index is -0.310. The lowest BCUT2D eigenvalue weighted by Gasteiger charge is -2.20. The molecule has 0 atom stereocenters. The summed E-state index contributed by atoms with van der Waals surface area (Å²) in [7, 11) is 1.57. The van der Waals surface area contributed by atoms with Crippen LogP contribution in [-0.4, -0.2) is 43.5 Å². The molecule has 0 fully saturated rings. The molecule has 0 bridgehead atoms. The summed E-state index contributed by atoms with van der Waals surface area (Å²) in [5.74, 6) is 0.562. The highest BCUT2D eigenvalue weighted by Gasteiger charge is 2.19. The zero-order valence-corrected chi connectivity index (χ0v) is 14.4. The van der Waals surface area contributed by atoms with Crippen molar-refractivity contribution in [2.75, 3.05) is 32.1 Å². The number of anilines is 1. The summed E-state index contributed by atoms with van der Waals surface area (Å²) in [4.78, 5) is 25.9. The second kappa shape index (κ2) is 7.44. The molecule has 0 saturated heterocycles. The van der Waals surface area contributed by atoms with E-state index in [0.717, 1.165) is 0 Å². The largest absolute Gasteiger partial charge is 0.486 e. The predicted octanol–water partition coefficient (Wildman–Crippen LogP) is 2.82. The fraction of sp³-hybridized carbons (Fsp3) is 0.222. The summed E-state index contributed by atoms with van der Waals surface area (Å²) < 4.78 is 10.9. The molecule has 6 nitrogen and oxygen atoms in total. The molecule has 3 rings (SSSR count). The van der Waals surface area contributed by atoms with Crippen LogP contribution in [0.3, 0.4) is 0 Å². The summed E-state index contributed by atoms with van der Waals surface area (Å²) in [6.07, 6.45) is 0. The van der Waals surface area contributed by atoms with Gasteiger partial charge < -0.3 is 19.7 Å². The molecule has 2 amide bonds. The van der Waals surface area contributed by atoms with Gasteiger partial charge in [-0.2, -0.15) is 0 Å². The third kappa shape index (κ3) is 4.22. The highest BCUT2D eigenvalue weighted by Crippen LogP contribution is 2.31. The maximum absolute atomic E-state index is 12.5. The lowest BCUT2D eigenvalue weighted by atomic mass is 10.1. The van der Waals surface area contributed by atoms with Gasteiger partial charge >= 0.3 is 0 Å². The van der Waals surface area contributed by atoms with E-state index in [2.05, 4.69) is 5.32 Å². The molecule has 0 radical (unpaired) electrons. The van der Waals surface area contributed by atoms with Crippen LogP contribution in [0.25, 0.3) is 0 Å². The maximum Gasteiger partial charge on any atom is 0.254 e. The first-order valence-electron chi connectivity index (χ1n) is 7.73. The van der Waals surface area contributed by atoms with E-state index in [-0.39, 0.29) is 18.4 Å². The average Bonchev–Trinajstić information content (AvgIpc) is 2.60. The Morgan fingerprint density at radius 1 is 1.12 bits per heavy atom. The van der Waals surface area contributed by atoms with E-state index in [1.54, 1.807) is 49.5 Å². The third-order valence-electron chi connectivity index (χ3n) is 3.62. The lowest BCUT2D eigenvalue weighted by Crippen LogP contribution is -2.35. The number of carbonyl (C=O) groups is 2. The number of halogens is 1. The molecule has 2 aromatic carbocycles. The average molecular weight is 361 g/mol.